The summed E-state index contributed by atoms with van der Waals surface area (Å²) in [6.45, 7) is -0.0703. The molecule has 0 spiro atoms. The molecule has 0 radical (unpaired) electrons. The van der Waals surface area contributed by atoms with Gasteiger partial charge in [-0.1, -0.05) is 60.7 Å². The second kappa shape index (κ2) is 6.50. The zero-order chi connectivity index (χ0) is 16.3. The first-order chi connectivity index (χ1) is 11.1. The molecule has 0 aliphatic rings. The first-order valence-electron chi connectivity index (χ1n) is 7.28. The van der Waals surface area contributed by atoms with E-state index in [9.17, 15) is 13.5 Å². The Morgan fingerprint density at radius 3 is 2.26 bits per heavy atom. The van der Waals surface area contributed by atoms with Crippen molar-refractivity contribution in [2.75, 3.05) is 6.54 Å². The molecule has 118 valence electrons. The minimum Gasteiger partial charge on any atom is -0.387 e. The molecule has 0 saturated heterocycles. The Kier molecular flexibility index (Phi) is 4.43. The minimum absolute atomic E-state index is 0.0703. The summed E-state index contributed by atoms with van der Waals surface area (Å²) in [4.78, 5) is 0.191. The highest BCUT2D eigenvalue weighted by Gasteiger charge is 2.17. The Morgan fingerprint density at radius 1 is 0.870 bits per heavy atom. The molecule has 0 amide bonds. The second-order valence-corrected chi connectivity index (χ2v) is 7.05. The van der Waals surface area contributed by atoms with Crippen LogP contribution in [-0.4, -0.2) is 20.1 Å². The normalized spacial score (nSPS) is 13.1. The quantitative estimate of drug-likeness (QED) is 0.757. The lowest BCUT2D eigenvalue weighted by atomic mass is 10.1. The Labute approximate surface area is 135 Å². The third-order valence-corrected chi connectivity index (χ3v) is 5.10. The monoisotopic (exact) mass is 327 g/mol. The number of nitrogens with one attached hydrogen (secondary N) is 1. The smallest absolute Gasteiger partial charge is 0.240 e. The topological polar surface area (TPSA) is 66.4 Å². The van der Waals surface area contributed by atoms with Crippen LogP contribution in [0.15, 0.2) is 77.7 Å². The highest BCUT2D eigenvalue weighted by molar-refractivity contribution is 7.89. The molecule has 4 nitrogen and oxygen atoms in total. The predicted octanol–water partition coefficient (Wildman–Crippen LogP) is 2.85. The van der Waals surface area contributed by atoms with Crippen molar-refractivity contribution >= 4 is 20.8 Å². The van der Waals surface area contributed by atoms with Gasteiger partial charge in [0.25, 0.3) is 0 Å². The number of aliphatic hydroxyl groups is 1. The van der Waals surface area contributed by atoms with Crippen LogP contribution in [0.2, 0.25) is 0 Å². The van der Waals surface area contributed by atoms with Gasteiger partial charge in [0, 0.05) is 6.54 Å². The highest BCUT2D eigenvalue weighted by Crippen LogP contribution is 2.19. The molecule has 0 aliphatic heterocycles. The maximum Gasteiger partial charge on any atom is 0.240 e. The molecule has 0 aromatic heterocycles. The summed E-state index contributed by atoms with van der Waals surface area (Å²) < 4.78 is 27.2. The Hall–Kier alpha value is -2.21. The summed E-state index contributed by atoms with van der Waals surface area (Å²) in [5.74, 6) is 0. The van der Waals surface area contributed by atoms with Gasteiger partial charge in [-0.15, -0.1) is 0 Å². The fourth-order valence-corrected chi connectivity index (χ4v) is 3.47. The van der Waals surface area contributed by atoms with Crippen molar-refractivity contribution in [3.63, 3.8) is 0 Å². The standard InChI is InChI=1S/C18H17NO3S/c20-18(15-7-2-1-3-8-15)13-19-23(21,22)17-11-10-14-6-4-5-9-16(14)12-17/h1-12,18-20H,13H2. The molecule has 1 unspecified atom stereocenters. The van der Waals surface area contributed by atoms with E-state index in [1.807, 2.05) is 30.3 Å². The summed E-state index contributed by atoms with van der Waals surface area (Å²) in [5, 5.41) is 11.9. The van der Waals surface area contributed by atoms with Crippen molar-refractivity contribution in [3.05, 3.63) is 78.4 Å². The zero-order valence-electron chi connectivity index (χ0n) is 12.4. The van der Waals surface area contributed by atoms with E-state index in [1.165, 1.54) is 0 Å². The van der Waals surface area contributed by atoms with Gasteiger partial charge in [0.2, 0.25) is 10.0 Å². The molecular formula is C18H17NO3S. The summed E-state index contributed by atoms with van der Waals surface area (Å²) in [6.07, 6.45) is -0.883. The van der Waals surface area contributed by atoms with Crippen LogP contribution in [0, 0.1) is 0 Å². The SMILES string of the molecule is O=S(=O)(NCC(O)c1ccccc1)c1ccc2ccccc2c1. The van der Waals surface area contributed by atoms with Crippen molar-refractivity contribution < 1.29 is 13.5 Å². The molecule has 0 fully saturated rings. The summed E-state index contributed by atoms with van der Waals surface area (Å²) in [7, 11) is -3.66. The zero-order valence-corrected chi connectivity index (χ0v) is 13.2. The van der Waals surface area contributed by atoms with Crippen molar-refractivity contribution in [2.45, 2.75) is 11.0 Å². The number of fused-ring (bicyclic) bond motifs is 1. The molecule has 5 heteroatoms. The Bertz CT molecular complexity index is 908. The largest absolute Gasteiger partial charge is 0.387 e. The van der Waals surface area contributed by atoms with Gasteiger partial charge in [0.05, 0.1) is 11.0 Å². The van der Waals surface area contributed by atoms with Gasteiger partial charge in [0.15, 0.2) is 0 Å². The van der Waals surface area contributed by atoms with E-state index in [0.29, 0.717) is 5.56 Å². The molecule has 0 saturated carbocycles. The molecule has 3 rings (SSSR count). The summed E-state index contributed by atoms with van der Waals surface area (Å²) in [6, 6.07) is 21.5. The summed E-state index contributed by atoms with van der Waals surface area (Å²) in [5.41, 5.74) is 0.675. The van der Waals surface area contributed by atoms with Crippen molar-refractivity contribution in [3.8, 4) is 0 Å². The first kappa shape index (κ1) is 15.7. The number of benzene rings is 3. The Balaban J connectivity index is 1.78. The average molecular weight is 327 g/mol. The van der Waals surface area contributed by atoms with Gasteiger partial charge < -0.3 is 5.11 Å². The van der Waals surface area contributed by atoms with Crippen LogP contribution in [0.1, 0.15) is 11.7 Å². The van der Waals surface area contributed by atoms with E-state index in [4.69, 9.17) is 0 Å². The number of hydrogen-bond acceptors (Lipinski definition) is 3. The first-order valence-corrected chi connectivity index (χ1v) is 8.76. The summed E-state index contributed by atoms with van der Waals surface area (Å²) >= 11 is 0. The van der Waals surface area contributed by atoms with Crippen LogP contribution < -0.4 is 4.72 Å². The van der Waals surface area contributed by atoms with Crippen molar-refractivity contribution in [1.29, 1.82) is 0 Å². The van der Waals surface area contributed by atoms with Crippen LogP contribution in [0.5, 0.6) is 0 Å². The van der Waals surface area contributed by atoms with E-state index >= 15 is 0 Å². The third kappa shape index (κ3) is 3.59. The number of hydrogen-bond donors (Lipinski definition) is 2. The van der Waals surface area contributed by atoms with E-state index in [1.54, 1.807) is 42.5 Å². The van der Waals surface area contributed by atoms with Crippen LogP contribution in [0.25, 0.3) is 10.8 Å². The molecule has 1 atom stereocenters. The van der Waals surface area contributed by atoms with E-state index < -0.39 is 16.1 Å². The van der Waals surface area contributed by atoms with Gasteiger partial charge in [-0.25, -0.2) is 13.1 Å². The van der Waals surface area contributed by atoms with Gasteiger partial charge >= 0.3 is 0 Å². The number of aliphatic hydroxyl groups excluding tert-OH is 1. The second-order valence-electron chi connectivity index (χ2n) is 5.29. The fraction of sp³-hybridized carbons (Fsp3) is 0.111. The lowest BCUT2D eigenvalue weighted by molar-refractivity contribution is 0.182. The molecular weight excluding hydrogens is 310 g/mol. The van der Waals surface area contributed by atoms with Crippen LogP contribution >= 0.6 is 0 Å². The third-order valence-electron chi connectivity index (χ3n) is 3.68. The van der Waals surface area contributed by atoms with E-state index in [0.717, 1.165) is 10.8 Å². The lowest BCUT2D eigenvalue weighted by Gasteiger charge is -2.13. The maximum atomic E-state index is 12.4. The molecule has 2 N–H and O–H groups in total. The molecule has 3 aromatic rings. The van der Waals surface area contributed by atoms with Crippen molar-refractivity contribution in [1.82, 2.24) is 4.72 Å². The molecule has 23 heavy (non-hydrogen) atoms. The highest BCUT2D eigenvalue weighted by atomic mass is 32.2. The van der Waals surface area contributed by atoms with E-state index in [2.05, 4.69) is 4.72 Å². The van der Waals surface area contributed by atoms with Crippen LogP contribution in [0.3, 0.4) is 0 Å². The van der Waals surface area contributed by atoms with Gasteiger partial charge in [-0.3, -0.25) is 0 Å². The van der Waals surface area contributed by atoms with Gasteiger partial charge in [0.1, 0.15) is 0 Å². The fourth-order valence-electron chi connectivity index (χ4n) is 2.40. The van der Waals surface area contributed by atoms with Crippen LogP contribution in [0.4, 0.5) is 0 Å². The average Bonchev–Trinajstić information content (AvgIpc) is 2.60. The van der Waals surface area contributed by atoms with Crippen molar-refractivity contribution in [2.24, 2.45) is 0 Å². The molecule has 0 aliphatic carbocycles. The number of sulfonamides is 1. The lowest BCUT2D eigenvalue weighted by Crippen LogP contribution is -2.28. The number of rotatable bonds is 5. The Morgan fingerprint density at radius 2 is 1.52 bits per heavy atom. The molecule has 3 aromatic carbocycles. The van der Waals surface area contributed by atoms with Crippen LogP contribution in [-0.2, 0) is 10.0 Å². The molecule has 0 bridgehead atoms. The minimum atomic E-state index is -3.66. The molecule has 0 heterocycles. The van der Waals surface area contributed by atoms with E-state index in [-0.39, 0.29) is 11.4 Å². The maximum absolute atomic E-state index is 12.4. The van der Waals surface area contributed by atoms with Gasteiger partial charge in [-0.2, -0.15) is 0 Å². The predicted molar refractivity (Wildman–Crippen MR) is 90.5 cm³/mol. The van der Waals surface area contributed by atoms with Gasteiger partial charge in [-0.05, 0) is 28.5 Å².